The van der Waals surface area contributed by atoms with Crippen LogP contribution in [0.4, 0.5) is 11.4 Å². The lowest BCUT2D eigenvalue weighted by Crippen LogP contribution is -2.48. The number of carbonyl (C=O) groups excluding carboxylic acids is 4. The van der Waals surface area contributed by atoms with E-state index in [-0.39, 0.29) is 35.8 Å². The van der Waals surface area contributed by atoms with Crippen molar-refractivity contribution >= 4 is 35.0 Å². The first kappa shape index (κ1) is 31.7. The number of nitrogens with zero attached hydrogens (tertiary/aromatic N) is 2. The Morgan fingerprint density at radius 3 is 2.12 bits per heavy atom. The summed E-state index contributed by atoms with van der Waals surface area (Å²) >= 11 is 0. The molecule has 1 N–H and O–H groups in total. The largest absolute Gasteiger partial charge is 0.508 e. The lowest BCUT2D eigenvalue weighted by molar-refractivity contribution is -0.131. The van der Waals surface area contributed by atoms with Crippen molar-refractivity contribution in [1.29, 1.82) is 0 Å². The molecule has 6 atom stereocenters. The number of aromatic hydroxyl groups is 1. The van der Waals surface area contributed by atoms with Gasteiger partial charge < -0.3 is 9.84 Å². The molecule has 0 aromatic heterocycles. The quantitative estimate of drug-likeness (QED) is 0.169. The summed E-state index contributed by atoms with van der Waals surface area (Å²) in [5, 5.41) is 11.7. The predicted molar refractivity (Wildman–Crippen MR) is 188 cm³/mol. The second kappa shape index (κ2) is 12.1. The Morgan fingerprint density at radius 2 is 1.44 bits per heavy atom. The number of aryl methyl sites for hydroxylation is 1. The number of phenolic OH excluding ortho intramolecular Hbond substituents is 1. The van der Waals surface area contributed by atoms with Gasteiger partial charge in [-0.3, -0.25) is 24.1 Å². The molecule has 3 fully saturated rings. The summed E-state index contributed by atoms with van der Waals surface area (Å²) in [5.74, 6) is -4.06. The molecule has 1 saturated carbocycles. The molecule has 2 heterocycles. The molecule has 50 heavy (non-hydrogen) atoms. The van der Waals surface area contributed by atoms with Crippen molar-refractivity contribution in [1.82, 2.24) is 0 Å². The first-order chi connectivity index (χ1) is 24.2. The highest BCUT2D eigenvalue weighted by atomic mass is 16.5. The number of hydrogen-bond acceptors (Lipinski definition) is 6. The fourth-order valence-electron chi connectivity index (χ4n) is 8.92. The van der Waals surface area contributed by atoms with Gasteiger partial charge in [-0.1, -0.05) is 85.3 Å². The third kappa shape index (κ3) is 4.80. The van der Waals surface area contributed by atoms with Crippen LogP contribution in [-0.2, 0) is 32.2 Å². The minimum absolute atomic E-state index is 0.0610. The molecule has 0 radical (unpaired) electrons. The average molecular weight is 667 g/mol. The maximum absolute atomic E-state index is 14.6. The molecule has 2 aliphatic heterocycles. The van der Waals surface area contributed by atoms with Crippen LogP contribution in [0.5, 0.6) is 11.5 Å². The monoisotopic (exact) mass is 666 g/mol. The third-order valence-corrected chi connectivity index (χ3v) is 11.5. The molecule has 8 nitrogen and oxygen atoms in total. The molecule has 2 aliphatic carbocycles. The summed E-state index contributed by atoms with van der Waals surface area (Å²) in [6.07, 6.45) is 3.40. The van der Waals surface area contributed by atoms with Crippen molar-refractivity contribution in [3.05, 3.63) is 131 Å². The SMILES string of the molecule is CCc1ccc(N2C(=O)C3CC=C4C(CC5C(=O)N(c6ccccc6)C(=O)C5(C)C4c4ccc(OCc5ccccc5)cc4O)C3C2=O)cc1. The number of rotatable bonds is 7. The van der Waals surface area contributed by atoms with Gasteiger partial charge in [-0.25, -0.2) is 4.90 Å². The Kier molecular flexibility index (Phi) is 7.70. The van der Waals surface area contributed by atoms with Gasteiger partial charge in [-0.2, -0.15) is 0 Å². The number of phenols is 1. The fraction of sp³-hybridized carbons (Fsp3) is 0.286. The van der Waals surface area contributed by atoms with E-state index in [0.29, 0.717) is 35.7 Å². The van der Waals surface area contributed by atoms with Gasteiger partial charge in [-0.15, -0.1) is 0 Å². The molecule has 4 aromatic carbocycles. The Bertz CT molecular complexity index is 2040. The molecule has 4 aliphatic rings. The second-order valence-corrected chi connectivity index (χ2v) is 14.0. The molecule has 8 heteroatoms. The van der Waals surface area contributed by atoms with E-state index in [4.69, 9.17) is 4.74 Å². The van der Waals surface area contributed by atoms with E-state index in [0.717, 1.165) is 23.1 Å². The van der Waals surface area contributed by atoms with Gasteiger partial charge in [0.2, 0.25) is 23.6 Å². The van der Waals surface area contributed by atoms with E-state index in [2.05, 4.69) is 0 Å². The first-order valence-corrected chi connectivity index (χ1v) is 17.3. The summed E-state index contributed by atoms with van der Waals surface area (Å²) in [6, 6.07) is 31.2. The second-order valence-electron chi connectivity index (χ2n) is 14.0. The van der Waals surface area contributed by atoms with Crippen molar-refractivity contribution < 1.29 is 29.0 Å². The smallest absolute Gasteiger partial charge is 0.241 e. The highest BCUT2D eigenvalue weighted by Crippen LogP contribution is 2.64. The highest BCUT2D eigenvalue weighted by molar-refractivity contribution is 6.25. The Balaban J connectivity index is 1.21. The van der Waals surface area contributed by atoms with Crippen LogP contribution in [0, 0.1) is 29.1 Å². The van der Waals surface area contributed by atoms with Crippen molar-refractivity contribution in [2.24, 2.45) is 29.1 Å². The number of carbonyl (C=O) groups is 4. The molecular formula is C42H38N2O6. The summed E-state index contributed by atoms with van der Waals surface area (Å²) in [6.45, 7) is 4.18. The van der Waals surface area contributed by atoms with E-state index in [1.165, 1.54) is 9.80 Å². The normalized spacial score (nSPS) is 27.2. The van der Waals surface area contributed by atoms with Crippen LogP contribution in [0.1, 0.15) is 49.3 Å². The number of amides is 4. The molecule has 8 rings (SSSR count). The zero-order valence-corrected chi connectivity index (χ0v) is 28.0. The summed E-state index contributed by atoms with van der Waals surface area (Å²) in [7, 11) is 0. The van der Waals surface area contributed by atoms with Crippen LogP contribution in [0.25, 0.3) is 0 Å². The van der Waals surface area contributed by atoms with E-state index in [1.54, 1.807) is 42.5 Å². The Morgan fingerprint density at radius 1 is 0.760 bits per heavy atom. The number of benzene rings is 4. The molecular weight excluding hydrogens is 628 g/mol. The minimum Gasteiger partial charge on any atom is -0.508 e. The highest BCUT2D eigenvalue weighted by Gasteiger charge is 2.68. The molecule has 6 unspecified atom stereocenters. The number of fused-ring (bicyclic) bond motifs is 4. The molecule has 0 spiro atoms. The maximum Gasteiger partial charge on any atom is 0.241 e. The lowest BCUT2D eigenvalue weighted by atomic mass is 9.51. The Labute approximate surface area is 291 Å². The lowest BCUT2D eigenvalue weighted by Gasteiger charge is -2.49. The first-order valence-electron chi connectivity index (χ1n) is 17.3. The van der Waals surface area contributed by atoms with Gasteiger partial charge in [0.15, 0.2) is 0 Å². The average Bonchev–Trinajstić information content (AvgIpc) is 3.51. The van der Waals surface area contributed by atoms with E-state index < -0.39 is 35.0 Å². The fourth-order valence-corrected chi connectivity index (χ4v) is 8.92. The number of ether oxygens (including phenoxy) is 1. The summed E-state index contributed by atoms with van der Waals surface area (Å²) in [4.78, 5) is 59.9. The van der Waals surface area contributed by atoms with Gasteiger partial charge >= 0.3 is 0 Å². The van der Waals surface area contributed by atoms with Crippen molar-refractivity contribution in [2.75, 3.05) is 9.80 Å². The van der Waals surface area contributed by atoms with Crippen LogP contribution >= 0.6 is 0 Å². The van der Waals surface area contributed by atoms with Gasteiger partial charge in [-0.05, 0) is 73.6 Å². The van der Waals surface area contributed by atoms with E-state index in [9.17, 15) is 24.3 Å². The van der Waals surface area contributed by atoms with Gasteiger partial charge in [0, 0.05) is 17.5 Å². The van der Waals surface area contributed by atoms with Crippen molar-refractivity contribution in [3.63, 3.8) is 0 Å². The van der Waals surface area contributed by atoms with Gasteiger partial charge in [0.05, 0.1) is 34.5 Å². The molecule has 0 bridgehead atoms. The molecule has 2 saturated heterocycles. The molecule has 4 amide bonds. The zero-order valence-electron chi connectivity index (χ0n) is 28.0. The van der Waals surface area contributed by atoms with Gasteiger partial charge in [0.1, 0.15) is 18.1 Å². The number of allylic oxidation sites excluding steroid dienone is 2. The van der Waals surface area contributed by atoms with Crippen LogP contribution in [-0.4, -0.2) is 28.7 Å². The van der Waals surface area contributed by atoms with E-state index >= 15 is 0 Å². The van der Waals surface area contributed by atoms with Crippen molar-refractivity contribution in [3.8, 4) is 11.5 Å². The summed E-state index contributed by atoms with van der Waals surface area (Å²) in [5.41, 5.74) is 3.15. The van der Waals surface area contributed by atoms with Crippen LogP contribution in [0.2, 0.25) is 0 Å². The van der Waals surface area contributed by atoms with Gasteiger partial charge in [0.25, 0.3) is 0 Å². The molecule has 4 aromatic rings. The Hall–Kier alpha value is -5.50. The zero-order chi connectivity index (χ0) is 34.7. The number of imide groups is 2. The topological polar surface area (TPSA) is 104 Å². The summed E-state index contributed by atoms with van der Waals surface area (Å²) < 4.78 is 6.01. The van der Waals surface area contributed by atoms with Crippen LogP contribution < -0.4 is 14.5 Å². The van der Waals surface area contributed by atoms with Crippen molar-refractivity contribution in [2.45, 2.75) is 45.6 Å². The standard InChI is InChI=1S/C42H38N2O6/c1-3-25-14-16-28(17-15-25)43-38(46)32-21-20-30-33(36(32)40(43)48)23-34-39(47)44(27-12-8-5-9-13-27)41(49)42(34,2)37(30)31-19-18-29(22-35(31)45)50-24-26-10-6-4-7-11-26/h4-20,22,32-34,36-37,45H,3,21,23-24H2,1-2H3. The maximum atomic E-state index is 14.6. The minimum atomic E-state index is -1.26. The van der Waals surface area contributed by atoms with Crippen LogP contribution in [0.3, 0.4) is 0 Å². The number of anilines is 2. The van der Waals surface area contributed by atoms with Crippen LogP contribution in [0.15, 0.2) is 115 Å². The third-order valence-electron chi connectivity index (χ3n) is 11.5. The predicted octanol–water partition coefficient (Wildman–Crippen LogP) is 6.97. The number of hydrogen-bond donors (Lipinski definition) is 1. The van der Waals surface area contributed by atoms with E-state index in [1.807, 2.05) is 80.6 Å². The number of para-hydroxylation sites is 1. The molecule has 252 valence electrons.